The summed E-state index contributed by atoms with van der Waals surface area (Å²) < 4.78 is 29.3. The van der Waals surface area contributed by atoms with Crippen LogP contribution in [0, 0.1) is 6.92 Å². The zero-order valence-electron chi connectivity index (χ0n) is 18.6. The molecule has 0 radical (unpaired) electrons. The third-order valence-corrected chi connectivity index (χ3v) is 6.65. The van der Waals surface area contributed by atoms with E-state index in [1.807, 2.05) is 13.8 Å². The second-order valence-electron chi connectivity index (χ2n) is 7.61. The van der Waals surface area contributed by atoms with Crippen LogP contribution < -0.4 is 15.5 Å². The Kier molecular flexibility index (Phi) is 6.53. The number of aromatic nitrogens is 3. The SMILES string of the molecule is CCn1cc(C(=O)Nc2ccc(S(=O)(=O)NCc3ccccn3)cc2)c(=O)c2ccc(C)nc21. The Morgan fingerprint density at radius 3 is 2.50 bits per heavy atom. The van der Waals surface area contributed by atoms with Crippen LogP contribution in [-0.2, 0) is 23.1 Å². The Bertz CT molecular complexity index is 1520. The Hall–Kier alpha value is -3.89. The molecule has 34 heavy (non-hydrogen) atoms. The van der Waals surface area contributed by atoms with Gasteiger partial charge in [-0.1, -0.05) is 6.07 Å². The molecule has 0 aliphatic carbocycles. The third kappa shape index (κ3) is 4.87. The van der Waals surface area contributed by atoms with Gasteiger partial charge in [-0.15, -0.1) is 0 Å². The Morgan fingerprint density at radius 2 is 1.82 bits per heavy atom. The molecule has 10 heteroatoms. The summed E-state index contributed by atoms with van der Waals surface area (Å²) in [6.45, 7) is 4.33. The molecule has 1 amide bonds. The summed E-state index contributed by atoms with van der Waals surface area (Å²) in [7, 11) is -3.76. The van der Waals surface area contributed by atoms with E-state index in [-0.39, 0.29) is 17.0 Å². The minimum absolute atomic E-state index is 0.0197. The van der Waals surface area contributed by atoms with Crippen molar-refractivity contribution in [2.45, 2.75) is 31.8 Å². The lowest BCUT2D eigenvalue weighted by Crippen LogP contribution is -2.25. The predicted molar refractivity (Wildman–Crippen MR) is 129 cm³/mol. The number of anilines is 1. The number of hydrogen-bond acceptors (Lipinski definition) is 6. The van der Waals surface area contributed by atoms with Crippen molar-refractivity contribution in [3.05, 3.63) is 94.2 Å². The van der Waals surface area contributed by atoms with Crippen molar-refractivity contribution < 1.29 is 13.2 Å². The first-order valence-corrected chi connectivity index (χ1v) is 12.1. The summed E-state index contributed by atoms with van der Waals surface area (Å²) in [6, 6.07) is 14.3. The molecule has 0 aliphatic rings. The Labute approximate surface area is 196 Å². The number of carbonyl (C=O) groups is 1. The number of carbonyl (C=O) groups excluding carboxylic acids is 1. The number of sulfonamides is 1. The van der Waals surface area contributed by atoms with E-state index in [0.717, 1.165) is 5.69 Å². The molecule has 4 aromatic rings. The maximum Gasteiger partial charge on any atom is 0.261 e. The van der Waals surface area contributed by atoms with E-state index in [0.29, 0.717) is 29.0 Å². The minimum atomic E-state index is -3.76. The number of nitrogens with one attached hydrogen (secondary N) is 2. The molecule has 0 bridgehead atoms. The van der Waals surface area contributed by atoms with Gasteiger partial charge in [0.05, 0.1) is 22.5 Å². The molecule has 2 N–H and O–H groups in total. The molecule has 0 unspecified atom stereocenters. The fourth-order valence-corrected chi connectivity index (χ4v) is 4.43. The van der Waals surface area contributed by atoms with Crippen molar-refractivity contribution in [1.82, 2.24) is 19.3 Å². The van der Waals surface area contributed by atoms with E-state index >= 15 is 0 Å². The highest BCUT2D eigenvalue weighted by atomic mass is 32.2. The van der Waals surface area contributed by atoms with E-state index in [2.05, 4.69) is 20.0 Å². The number of amides is 1. The number of benzene rings is 1. The molecule has 4 rings (SSSR count). The second-order valence-corrected chi connectivity index (χ2v) is 9.37. The molecule has 3 aromatic heterocycles. The standard InChI is InChI=1S/C24H23N5O4S/c1-3-29-15-21(22(30)20-12-7-16(2)27-23(20)29)24(31)28-17-8-10-19(11-9-17)34(32,33)26-14-18-6-4-5-13-25-18/h4-13,15,26H,3,14H2,1-2H3,(H,28,31). The van der Waals surface area contributed by atoms with E-state index in [1.165, 1.54) is 30.5 Å². The van der Waals surface area contributed by atoms with Crippen molar-refractivity contribution in [2.24, 2.45) is 0 Å². The van der Waals surface area contributed by atoms with Crippen LogP contribution in [0.25, 0.3) is 11.0 Å². The van der Waals surface area contributed by atoms with Gasteiger partial charge in [-0.3, -0.25) is 14.6 Å². The first-order valence-electron chi connectivity index (χ1n) is 10.6. The maximum atomic E-state index is 12.9. The van der Waals surface area contributed by atoms with Crippen molar-refractivity contribution in [3.8, 4) is 0 Å². The van der Waals surface area contributed by atoms with Crippen molar-refractivity contribution in [2.75, 3.05) is 5.32 Å². The molecule has 0 spiro atoms. The van der Waals surface area contributed by atoms with Crippen LogP contribution in [0.3, 0.4) is 0 Å². The number of rotatable bonds is 7. The van der Waals surface area contributed by atoms with Crippen LogP contribution >= 0.6 is 0 Å². The van der Waals surface area contributed by atoms with Gasteiger partial charge in [0.2, 0.25) is 15.5 Å². The normalized spacial score (nSPS) is 11.5. The number of pyridine rings is 3. The minimum Gasteiger partial charge on any atom is -0.332 e. The first kappa shape index (κ1) is 23.3. The van der Waals surface area contributed by atoms with E-state index in [4.69, 9.17) is 0 Å². The van der Waals surface area contributed by atoms with E-state index in [9.17, 15) is 18.0 Å². The second kappa shape index (κ2) is 9.54. The van der Waals surface area contributed by atoms with Crippen LogP contribution in [0.15, 0.2) is 76.7 Å². The summed E-state index contributed by atoms with van der Waals surface area (Å²) >= 11 is 0. The lowest BCUT2D eigenvalue weighted by Gasteiger charge is -2.12. The zero-order valence-corrected chi connectivity index (χ0v) is 19.5. The number of aryl methyl sites for hydroxylation is 2. The van der Waals surface area contributed by atoms with Crippen LogP contribution in [0.2, 0.25) is 0 Å². The molecule has 0 aliphatic heterocycles. The van der Waals surface area contributed by atoms with Gasteiger partial charge in [-0.25, -0.2) is 18.1 Å². The van der Waals surface area contributed by atoms with Gasteiger partial charge < -0.3 is 9.88 Å². The van der Waals surface area contributed by atoms with Gasteiger partial charge in [0.25, 0.3) is 5.91 Å². The fraction of sp³-hybridized carbons (Fsp3) is 0.167. The largest absolute Gasteiger partial charge is 0.332 e. The summed E-state index contributed by atoms with van der Waals surface area (Å²) in [5.74, 6) is -0.585. The summed E-state index contributed by atoms with van der Waals surface area (Å²) in [6.07, 6.45) is 3.08. The molecule has 1 aromatic carbocycles. The van der Waals surface area contributed by atoms with E-state index < -0.39 is 21.4 Å². The molecule has 3 heterocycles. The van der Waals surface area contributed by atoms with Crippen molar-refractivity contribution in [1.29, 1.82) is 0 Å². The average Bonchev–Trinajstić information content (AvgIpc) is 2.84. The highest BCUT2D eigenvalue weighted by Gasteiger charge is 2.18. The van der Waals surface area contributed by atoms with Gasteiger partial charge in [0.15, 0.2) is 0 Å². The Balaban J connectivity index is 1.53. The van der Waals surface area contributed by atoms with Crippen LogP contribution in [0.5, 0.6) is 0 Å². The molecule has 174 valence electrons. The molecule has 9 nitrogen and oxygen atoms in total. The molecular weight excluding hydrogens is 454 g/mol. The van der Waals surface area contributed by atoms with Gasteiger partial charge in [0, 0.05) is 30.3 Å². The van der Waals surface area contributed by atoms with Crippen molar-refractivity contribution in [3.63, 3.8) is 0 Å². The van der Waals surface area contributed by atoms with Crippen LogP contribution in [0.4, 0.5) is 5.69 Å². The van der Waals surface area contributed by atoms with Crippen molar-refractivity contribution >= 4 is 32.7 Å². The molecular formula is C24H23N5O4S. The number of hydrogen-bond donors (Lipinski definition) is 2. The fourth-order valence-electron chi connectivity index (χ4n) is 3.43. The lowest BCUT2D eigenvalue weighted by atomic mass is 10.1. The van der Waals surface area contributed by atoms with Crippen LogP contribution in [0.1, 0.15) is 28.7 Å². The predicted octanol–water partition coefficient (Wildman–Crippen LogP) is 2.85. The van der Waals surface area contributed by atoms with Crippen LogP contribution in [-0.4, -0.2) is 28.9 Å². The number of fused-ring (bicyclic) bond motifs is 1. The van der Waals surface area contributed by atoms with Gasteiger partial charge >= 0.3 is 0 Å². The molecule has 0 saturated heterocycles. The van der Waals surface area contributed by atoms with Gasteiger partial charge in [0.1, 0.15) is 11.2 Å². The Morgan fingerprint density at radius 1 is 1.06 bits per heavy atom. The monoisotopic (exact) mass is 477 g/mol. The molecule has 0 fully saturated rings. The lowest BCUT2D eigenvalue weighted by molar-refractivity contribution is 0.102. The summed E-state index contributed by atoms with van der Waals surface area (Å²) in [5.41, 5.74) is 1.82. The molecule has 0 saturated carbocycles. The zero-order chi connectivity index (χ0) is 24.3. The number of nitrogens with zero attached hydrogens (tertiary/aromatic N) is 3. The van der Waals surface area contributed by atoms with E-state index in [1.54, 1.807) is 41.1 Å². The topological polar surface area (TPSA) is 123 Å². The third-order valence-electron chi connectivity index (χ3n) is 5.24. The molecule has 0 atom stereocenters. The maximum absolute atomic E-state index is 12.9. The van der Waals surface area contributed by atoms with Gasteiger partial charge in [-0.2, -0.15) is 0 Å². The first-order chi connectivity index (χ1) is 16.3. The average molecular weight is 478 g/mol. The highest BCUT2D eigenvalue weighted by molar-refractivity contribution is 7.89. The van der Waals surface area contributed by atoms with Gasteiger partial charge in [-0.05, 0) is 62.4 Å². The summed E-state index contributed by atoms with van der Waals surface area (Å²) in [4.78, 5) is 34.3. The smallest absolute Gasteiger partial charge is 0.261 e. The highest BCUT2D eigenvalue weighted by Crippen LogP contribution is 2.16. The quantitative estimate of drug-likeness (QED) is 0.422. The summed E-state index contributed by atoms with van der Waals surface area (Å²) in [5, 5.41) is 3.03.